The van der Waals surface area contributed by atoms with Crippen LogP contribution in [0.4, 0.5) is 33.9 Å². The van der Waals surface area contributed by atoms with Crippen molar-refractivity contribution < 1.29 is 41.7 Å². The predicted octanol–water partition coefficient (Wildman–Crippen LogP) is 5.74. The fourth-order valence-electron chi connectivity index (χ4n) is 6.12. The molecule has 11 nitrogen and oxygen atoms in total. The molecule has 3 aliphatic heterocycles. The van der Waals surface area contributed by atoms with E-state index in [1.165, 1.54) is 45.4 Å². The Morgan fingerprint density at radius 1 is 1.19 bits per heavy atom. The molecule has 3 aromatic heterocycles. The summed E-state index contributed by atoms with van der Waals surface area (Å²) in [6, 6.07) is 5.46. The van der Waals surface area contributed by atoms with E-state index in [1.54, 1.807) is 23.6 Å². The maximum absolute atomic E-state index is 14.6. The lowest BCUT2D eigenvalue weighted by Gasteiger charge is -2.35. The van der Waals surface area contributed by atoms with Crippen LogP contribution in [0, 0.1) is 0 Å². The third-order valence-electron chi connectivity index (χ3n) is 8.34. The van der Waals surface area contributed by atoms with Crippen molar-refractivity contribution in [3.8, 4) is 16.5 Å². The summed E-state index contributed by atoms with van der Waals surface area (Å²) in [5.41, 5.74) is 1.93. The second kappa shape index (κ2) is 13.3. The minimum absolute atomic E-state index is 0.01000. The highest BCUT2D eigenvalue weighted by molar-refractivity contribution is 7.13. The number of carboxylic acid groups (broad SMARTS) is 1. The summed E-state index contributed by atoms with van der Waals surface area (Å²) in [6.07, 6.45) is -0.271. The monoisotopic (exact) mass is 676 g/mol. The number of anilines is 2. The molecular weight excluding hydrogens is 644 g/mol. The molecule has 0 saturated carbocycles. The summed E-state index contributed by atoms with van der Waals surface area (Å²) in [7, 11) is 1.30. The van der Waals surface area contributed by atoms with Gasteiger partial charge in [-0.25, -0.2) is 42.1 Å². The molecule has 0 unspecified atom stereocenters. The Morgan fingerprint density at radius 2 is 2.02 bits per heavy atom. The topological polar surface area (TPSA) is 121 Å². The summed E-state index contributed by atoms with van der Waals surface area (Å²) in [6.45, 7) is 0.438. The first-order chi connectivity index (χ1) is 22.5. The second-order valence-corrected chi connectivity index (χ2v) is 12.5. The molecule has 3 aliphatic rings. The first-order valence-electron chi connectivity index (χ1n) is 15.0. The molecule has 0 radical (unpaired) electrons. The third-order valence-corrected chi connectivity index (χ3v) is 9.23. The van der Waals surface area contributed by atoms with Crippen LogP contribution in [0.15, 0.2) is 41.9 Å². The molecule has 0 aliphatic carbocycles. The summed E-state index contributed by atoms with van der Waals surface area (Å²) in [5, 5.41) is 11.9. The van der Waals surface area contributed by atoms with Gasteiger partial charge in [-0.15, -0.1) is 11.3 Å². The molecule has 2 fully saturated rings. The molecule has 6 heterocycles. The largest absolute Gasteiger partial charge is 0.480 e. The third kappa shape index (κ3) is 7.11. The van der Waals surface area contributed by atoms with E-state index in [0.717, 1.165) is 5.57 Å². The van der Waals surface area contributed by atoms with Crippen molar-refractivity contribution in [2.24, 2.45) is 0 Å². The van der Waals surface area contributed by atoms with Gasteiger partial charge in [0.15, 0.2) is 5.82 Å². The van der Waals surface area contributed by atoms with Crippen LogP contribution in [0.5, 0.6) is 5.88 Å². The van der Waals surface area contributed by atoms with Crippen LogP contribution in [0.3, 0.4) is 0 Å². The van der Waals surface area contributed by atoms with Crippen molar-refractivity contribution in [1.82, 2.24) is 19.9 Å². The lowest BCUT2D eigenvalue weighted by molar-refractivity contribution is -0.138. The van der Waals surface area contributed by atoms with Crippen LogP contribution >= 0.6 is 11.3 Å². The van der Waals surface area contributed by atoms with Crippen molar-refractivity contribution in [1.29, 1.82) is 0 Å². The van der Waals surface area contributed by atoms with E-state index in [9.17, 15) is 32.3 Å². The Morgan fingerprint density at radius 3 is 2.72 bits per heavy atom. The normalized spacial score (nSPS) is 21.1. The van der Waals surface area contributed by atoms with E-state index in [1.807, 2.05) is 6.08 Å². The number of aromatic nitrogens is 3. The zero-order valence-corrected chi connectivity index (χ0v) is 26.1. The van der Waals surface area contributed by atoms with E-state index in [-0.39, 0.29) is 49.7 Å². The Balaban J connectivity index is 1.31. The number of amides is 1. The highest BCUT2D eigenvalue weighted by Crippen LogP contribution is 2.39. The van der Waals surface area contributed by atoms with Gasteiger partial charge in [-0.05, 0) is 41.5 Å². The molecule has 47 heavy (non-hydrogen) atoms. The summed E-state index contributed by atoms with van der Waals surface area (Å²) in [5.74, 6) is -4.82. The number of piperidine rings is 1. The molecular formula is C31H32F4N6O5S. The van der Waals surface area contributed by atoms with Gasteiger partial charge >= 0.3 is 12.1 Å². The average Bonchev–Trinajstić information content (AvgIpc) is 3.75. The number of halogens is 4. The van der Waals surface area contributed by atoms with Gasteiger partial charge in [0, 0.05) is 44.7 Å². The number of aliphatic carboxylic acids is 1. The number of carboxylic acids is 1. The SMILES string of the molecule is COC(=O)N1CCC=C(c2cnc(O[C@H]3C[C@@H](C(=O)O)N(c4cc(-c5cccs5)nc(C(F)F)n4)C3)c(N3CCCC(F)(F)C3)c2)C1. The molecule has 1 amide bonds. The molecule has 250 valence electrons. The minimum Gasteiger partial charge on any atom is -0.480 e. The number of rotatable bonds is 8. The van der Waals surface area contributed by atoms with E-state index in [2.05, 4.69) is 15.0 Å². The quantitative estimate of drug-likeness (QED) is 0.296. The maximum Gasteiger partial charge on any atom is 0.409 e. The fourth-order valence-corrected chi connectivity index (χ4v) is 6.81. The molecule has 0 spiro atoms. The van der Waals surface area contributed by atoms with E-state index in [0.29, 0.717) is 35.6 Å². The highest BCUT2D eigenvalue weighted by Gasteiger charge is 2.41. The molecule has 3 aromatic rings. The highest BCUT2D eigenvalue weighted by atomic mass is 32.1. The number of ether oxygens (including phenoxy) is 2. The number of pyridine rings is 1. The molecule has 16 heteroatoms. The number of nitrogens with zero attached hydrogens (tertiary/aromatic N) is 6. The van der Waals surface area contributed by atoms with Crippen LogP contribution in [0.2, 0.25) is 0 Å². The number of carbonyl (C=O) groups is 2. The van der Waals surface area contributed by atoms with Gasteiger partial charge in [-0.1, -0.05) is 12.1 Å². The smallest absolute Gasteiger partial charge is 0.409 e. The Labute approximate surface area is 271 Å². The number of carbonyl (C=O) groups excluding carboxylic acids is 1. The fraction of sp³-hybridized carbons (Fsp3) is 0.452. The number of alkyl halides is 4. The summed E-state index contributed by atoms with van der Waals surface area (Å²) >= 11 is 1.30. The molecule has 0 bridgehead atoms. The molecule has 1 N–H and O–H groups in total. The number of thiophene rings is 1. The van der Waals surface area contributed by atoms with Crippen molar-refractivity contribution >= 4 is 40.5 Å². The molecule has 2 saturated heterocycles. The molecule has 2 atom stereocenters. The van der Waals surface area contributed by atoms with E-state index < -0.39 is 48.9 Å². The van der Waals surface area contributed by atoms with Crippen LogP contribution in [0.25, 0.3) is 16.1 Å². The van der Waals surface area contributed by atoms with Crippen molar-refractivity contribution in [3.63, 3.8) is 0 Å². The zero-order valence-electron chi connectivity index (χ0n) is 25.3. The second-order valence-electron chi connectivity index (χ2n) is 11.6. The van der Waals surface area contributed by atoms with Crippen LogP contribution in [0.1, 0.15) is 43.5 Å². The first kappa shape index (κ1) is 32.5. The van der Waals surface area contributed by atoms with Crippen LogP contribution in [-0.2, 0) is 9.53 Å². The van der Waals surface area contributed by atoms with Gasteiger partial charge in [0.1, 0.15) is 23.7 Å². The van der Waals surface area contributed by atoms with Crippen molar-refractivity contribution in [3.05, 3.63) is 53.3 Å². The number of hydrogen-bond acceptors (Lipinski definition) is 10. The van der Waals surface area contributed by atoms with Gasteiger partial charge in [0.25, 0.3) is 12.3 Å². The van der Waals surface area contributed by atoms with Gasteiger partial charge in [-0.3, -0.25) is 0 Å². The summed E-state index contributed by atoms with van der Waals surface area (Å²) in [4.78, 5) is 42.1. The summed E-state index contributed by atoms with van der Waals surface area (Å²) < 4.78 is 68.0. The predicted molar refractivity (Wildman–Crippen MR) is 165 cm³/mol. The maximum atomic E-state index is 14.6. The number of methoxy groups -OCH3 is 1. The van der Waals surface area contributed by atoms with Crippen molar-refractivity contribution in [2.45, 2.75) is 50.2 Å². The van der Waals surface area contributed by atoms with Gasteiger partial charge in [0.2, 0.25) is 5.88 Å². The van der Waals surface area contributed by atoms with Gasteiger partial charge in [-0.2, -0.15) is 0 Å². The Bertz CT molecular complexity index is 1660. The lowest BCUT2D eigenvalue weighted by Crippen LogP contribution is -2.43. The minimum atomic E-state index is -2.99. The Kier molecular flexibility index (Phi) is 9.21. The van der Waals surface area contributed by atoms with Crippen LogP contribution in [-0.4, -0.2) is 94.9 Å². The van der Waals surface area contributed by atoms with Gasteiger partial charge < -0.3 is 29.3 Å². The van der Waals surface area contributed by atoms with Crippen LogP contribution < -0.4 is 14.5 Å². The van der Waals surface area contributed by atoms with Gasteiger partial charge in [0.05, 0.1) is 30.8 Å². The standard InChI is InChI=1S/C31H32F4N6O5S/c1-45-30(44)39-8-2-5-18(15-39)19-11-22(40-9-4-7-31(34,35)17-40)28(36-14-19)46-20-12-23(29(42)43)41(16-20)25-13-21(24-6-3-10-47-24)37-27(38-25)26(32)33/h3,5-6,10-11,13-14,20,23,26H,2,4,7-9,12,15-17H2,1H3,(H,42,43)/t20-,23-/m0/s1. The average molecular weight is 677 g/mol. The number of hydrogen-bond donors (Lipinski definition) is 1. The Hall–Kier alpha value is -4.47. The molecule has 0 aromatic carbocycles. The van der Waals surface area contributed by atoms with E-state index >= 15 is 0 Å². The zero-order chi connectivity index (χ0) is 33.3. The molecule has 6 rings (SSSR count). The van der Waals surface area contributed by atoms with Crippen molar-refractivity contribution in [2.75, 3.05) is 49.6 Å². The lowest BCUT2D eigenvalue weighted by atomic mass is 10.0. The first-order valence-corrected chi connectivity index (χ1v) is 15.9. The van der Waals surface area contributed by atoms with E-state index in [4.69, 9.17) is 9.47 Å².